The molecule has 0 saturated heterocycles. The topological polar surface area (TPSA) is 107 Å². The maximum Gasteiger partial charge on any atom is 0.336 e. The van der Waals surface area contributed by atoms with Crippen LogP contribution in [-0.4, -0.2) is 61.5 Å². The highest BCUT2D eigenvalue weighted by Gasteiger charge is 2.39. The first-order valence-corrected chi connectivity index (χ1v) is 9.15. The van der Waals surface area contributed by atoms with Gasteiger partial charge >= 0.3 is 11.9 Å². The Morgan fingerprint density at radius 3 is 2.48 bits per heavy atom. The monoisotopic (exact) mass is 400 g/mol. The highest BCUT2D eigenvalue weighted by molar-refractivity contribution is 6.01. The molecule has 0 bridgehead atoms. The number of fused-ring (bicyclic) bond motifs is 1. The Kier molecular flexibility index (Phi) is 5.97. The van der Waals surface area contributed by atoms with E-state index in [1.807, 2.05) is 19.0 Å². The summed E-state index contributed by atoms with van der Waals surface area (Å²) in [6, 6.07) is 5.31. The van der Waals surface area contributed by atoms with Crippen LogP contribution in [0.4, 0.5) is 0 Å². The highest BCUT2D eigenvalue weighted by atomic mass is 16.6. The third kappa shape index (κ3) is 4.00. The fourth-order valence-corrected chi connectivity index (χ4v) is 3.41. The first-order chi connectivity index (χ1) is 13.8. The van der Waals surface area contributed by atoms with Crippen molar-refractivity contribution in [3.63, 3.8) is 0 Å². The van der Waals surface area contributed by atoms with E-state index in [-0.39, 0.29) is 6.61 Å². The highest BCUT2D eigenvalue weighted by Crippen LogP contribution is 2.41. The molecule has 9 nitrogen and oxygen atoms in total. The SMILES string of the molecule is COC(=O)C1=C(C)NC(C)=C(C(=O)OCCN(C)C)[C@@H]1c1cccc2nonc12. The quantitative estimate of drug-likeness (QED) is 0.726. The van der Waals surface area contributed by atoms with Gasteiger partial charge in [-0.25, -0.2) is 14.2 Å². The van der Waals surface area contributed by atoms with Crippen molar-refractivity contribution in [1.29, 1.82) is 0 Å². The minimum Gasteiger partial charge on any atom is -0.466 e. The maximum atomic E-state index is 13.0. The predicted molar refractivity (Wildman–Crippen MR) is 105 cm³/mol. The summed E-state index contributed by atoms with van der Waals surface area (Å²) in [5.74, 6) is -1.78. The van der Waals surface area contributed by atoms with Gasteiger partial charge in [-0.05, 0) is 49.9 Å². The number of benzene rings is 1. The summed E-state index contributed by atoms with van der Waals surface area (Å²) in [6.07, 6.45) is 0. The molecule has 9 heteroatoms. The zero-order valence-corrected chi connectivity index (χ0v) is 17.1. The van der Waals surface area contributed by atoms with Crippen molar-refractivity contribution in [2.45, 2.75) is 19.8 Å². The van der Waals surface area contributed by atoms with Crippen molar-refractivity contribution in [3.05, 3.63) is 46.3 Å². The number of hydrogen-bond donors (Lipinski definition) is 1. The molecule has 29 heavy (non-hydrogen) atoms. The summed E-state index contributed by atoms with van der Waals surface area (Å²) in [5.41, 5.74) is 3.45. The molecule has 0 radical (unpaired) electrons. The van der Waals surface area contributed by atoms with E-state index in [0.717, 1.165) is 0 Å². The number of carbonyl (C=O) groups is 2. The molecule has 1 atom stereocenters. The molecule has 1 aliphatic heterocycles. The Bertz CT molecular complexity index is 1010. The number of allylic oxidation sites excluding steroid dienone is 2. The van der Waals surface area contributed by atoms with E-state index < -0.39 is 17.9 Å². The average molecular weight is 400 g/mol. The summed E-state index contributed by atoms with van der Waals surface area (Å²) in [6.45, 7) is 4.34. The Morgan fingerprint density at radius 2 is 1.83 bits per heavy atom. The van der Waals surface area contributed by atoms with Gasteiger partial charge in [0.2, 0.25) is 0 Å². The Hall–Kier alpha value is -3.20. The first-order valence-electron chi connectivity index (χ1n) is 9.15. The molecule has 3 rings (SSSR count). The number of carbonyl (C=O) groups excluding carboxylic acids is 2. The van der Waals surface area contributed by atoms with Crippen LogP contribution in [-0.2, 0) is 19.1 Å². The lowest BCUT2D eigenvalue weighted by Crippen LogP contribution is -2.33. The Labute approximate surface area is 168 Å². The van der Waals surface area contributed by atoms with Gasteiger partial charge < -0.3 is 19.7 Å². The second kappa shape index (κ2) is 8.44. The van der Waals surface area contributed by atoms with Crippen LogP contribution in [0.5, 0.6) is 0 Å². The molecular formula is C20H24N4O5. The van der Waals surface area contributed by atoms with E-state index in [1.54, 1.807) is 32.0 Å². The number of rotatable bonds is 6. The van der Waals surface area contributed by atoms with Crippen molar-refractivity contribution in [2.75, 3.05) is 34.4 Å². The van der Waals surface area contributed by atoms with E-state index >= 15 is 0 Å². The molecule has 0 amide bonds. The van der Waals surface area contributed by atoms with Gasteiger partial charge in [0, 0.05) is 17.9 Å². The second-order valence-corrected chi connectivity index (χ2v) is 7.05. The number of hydrogen-bond acceptors (Lipinski definition) is 9. The number of esters is 2. The van der Waals surface area contributed by atoms with Crippen LogP contribution >= 0.6 is 0 Å². The van der Waals surface area contributed by atoms with Gasteiger partial charge in [-0.15, -0.1) is 0 Å². The number of likely N-dealkylation sites (N-methyl/N-ethyl adjacent to an activating group) is 1. The standard InChI is InChI=1S/C20H24N4O5/c1-11-15(19(25)27-5)17(13-7-6-8-14-18(13)23-29-22-14)16(12(2)21-11)20(26)28-10-9-24(3)4/h6-8,17,21H,9-10H2,1-5H3/t17-/m1/s1. The van der Waals surface area contributed by atoms with Gasteiger partial charge in [-0.2, -0.15) is 0 Å². The zero-order chi connectivity index (χ0) is 21.1. The van der Waals surface area contributed by atoms with Crippen molar-refractivity contribution in [1.82, 2.24) is 20.5 Å². The number of methoxy groups -OCH3 is 1. The van der Waals surface area contributed by atoms with E-state index in [9.17, 15) is 9.59 Å². The van der Waals surface area contributed by atoms with E-state index in [2.05, 4.69) is 15.6 Å². The van der Waals surface area contributed by atoms with Gasteiger partial charge in [0.1, 0.15) is 17.6 Å². The summed E-state index contributed by atoms with van der Waals surface area (Å²) in [7, 11) is 5.09. The maximum absolute atomic E-state index is 13.0. The number of ether oxygens (including phenoxy) is 2. The lowest BCUT2D eigenvalue weighted by atomic mass is 9.80. The van der Waals surface area contributed by atoms with Gasteiger partial charge in [0.05, 0.1) is 24.2 Å². The summed E-state index contributed by atoms with van der Waals surface area (Å²) in [4.78, 5) is 27.6. The minimum absolute atomic E-state index is 0.224. The summed E-state index contributed by atoms with van der Waals surface area (Å²) >= 11 is 0. The van der Waals surface area contributed by atoms with Crippen LogP contribution in [0, 0.1) is 0 Å². The zero-order valence-electron chi connectivity index (χ0n) is 17.1. The number of dihydropyridines is 1. The smallest absolute Gasteiger partial charge is 0.336 e. The molecule has 0 unspecified atom stereocenters. The van der Waals surface area contributed by atoms with Crippen molar-refractivity contribution >= 4 is 23.0 Å². The van der Waals surface area contributed by atoms with Gasteiger partial charge in [0.15, 0.2) is 0 Å². The third-order valence-electron chi connectivity index (χ3n) is 4.79. The van der Waals surface area contributed by atoms with Crippen molar-refractivity contribution in [3.8, 4) is 0 Å². The molecule has 154 valence electrons. The van der Waals surface area contributed by atoms with E-state index in [1.165, 1.54) is 7.11 Å². The van der Waals surface area contributed by atoms with Crippen LogP contribution < -0.4 is 5.32 Å². The first kappa shape index (κ1) is 20.5. The van der Waals surface area contributed by atoms with E-state index in [0.29, 0.717) is 45.7 Å². The Morgan fingerprint density at radius 1 is 1.14 bits per heavy atom. The molecular weight excluding hydrogens is 376 g/mol. The third-order valence-corrected chi connectivity index (χ3v) is 4.79. The molecule has 2 heterocycles. The predicted octanol–water partition coefficient (Wildman–Crippen LogP) is 1.74. The van der Waals surface area contributed by atoms with Crippen LogP contribution in [0.2, 0.25) is 0 Å². The molecule has 1 aliphatic rings. The number of aromatic nitrogens is 2. The molecule has 0 spiro atoms. The summed E-state index contributed by atoms with van der Waals surface area (Å²) < 4.78 is 15.4. The largest absolute Gasteiger partial charge is 0.466 e. The normalized spacial score (nSPS) is 17.0. The van der Waals surface area contributed by atoms with Crippen LogP contribution in [0.25, 0.3) is 11.0 Å². The molecule has 1 aromatic heterocycles. The fourth-order valence-electron chi connectivity index (χ4n) is 3.41. The van der Waals surface area contributed by atoms with Crippen molar-refractivity contribution in [2.24, 2.45) is 0 Å². The lowest BCUT2D eigenvalue weighted by Gasteiger charge is -2.30. The van der Waals surface area contributed by atoms with Crippen LogP contribution in [0.15, 0.2) is 45.4 Å². The van der Waals surface area contributed by atoms with Crippen LogP contribution in [0.1, 0.15) is 25.3 Å². The molecule has 2 aromatic rings. The van der Waals surface area contributed by atoms with Crippen molar-refractivity contribution < 1.29 is 23.7 Å². The molecule has 1 aromatic carbocycles. The molecule has 1 N–H and O–H groups in total. The van der Waals surface area contributed by atoms with Crippen LogP contribution in [0.3, 0.4) is 0 Å². The lowest BCUT2D eigenvalue weighted by molar-refractivity contribution is -0.139. The fraction of sp³-hybridized carbons (Fsp3) is 0.400. The molecule has 0 aliphatic carbocycles. The summed E-state index contributed by atoms with van der Waals surface area (Å²) in [5, 5.41) is 11.0. The number of nitrogens with one attached hydrogen (secondary N) is 1. The van der Waals surface area contributed by atoms with Gasteiger partial charge in [-0.1, -0.05) is 12.1 Å². The van der Waals surface area contributed by atoms with E-state index in [4.69, 9.17) is 14.1 Å². The van der Waals surface area contributed by atoms with Gasteiger partial charge in [0.25, 0.3) is 0 Å². The average Bonchev–Trinajstić information content (AvgIpc) is 3.15. The minimum atomic E-state index is -0.730. The Balaban J connectivity index is 2.12. The second-order valence-electron chi connectivity index (χ2n) is 7.05. The van der Waals surface area contributed by atoms with Gasteiger partial charge in [-0.3, -0.25) is 0 Å². The molecule has 0 fully saturated rings. The number of nitrogens with zero attached hydrogens (tertiary/aromatic N) is 3. The molecule has 0 saturated carbocycles.